The van der Waals surface area contributed by atoms with Crippen LogP contribution in [0.5, 0.6) is 5.75 Å². The van der Waals surface area contributed by atoms with E-state index in [0.717, 1.165) is 6.54 Å². The minimum Gasteiger partial charge on any atom is -0.494 e. The van der Waals surface area contributed by atoms with E-state index in [-0.39, 0.29) is 30.1 Å². The third-order valence-corrected chi connectivity index (χ3v) is 3.05. The average Bonchev–Trinajstić information content (AvgIpc) is 2.37. The van der Waals surface area contributed by atoms with E-state index in [1.807, 2.05) is 6.92 Å². The Morgan fingerprint density at radius 3 is 2.84 bits per heavy atom. The molecule has 0 radical (unpaired) electrons. The van der Waals surface area contributed by atoms with Crippen molar-refractivity contribution in [3.8, 4) is 5.75 Å². The monoisotopic (exact) mass is 288 g/mol. The van der Waals surface area contributed by atoms with Crippen LogP contribution < -0.4 is 10.1 Å². The van der Waals surface area contributed by atoms with Crippen molar-refractivity contribution in [2.75, 3.05) is 26.7 Å². The second kappa shape index (κ2) is 6.73. The van der Waals surface area contributed by atoms with Gasteiger partial charge in [0.25, 0.3) is 5.91 Å². The van der Waals surface area contributed by atoms with Crippen LogP contribution in [0.15, 0.2) is 18.2 Å². The number of carbonyl (C=O) groups is 1. The van der Waals surface area contributed by atoms with E-state index in [4.69, 9.17) is 4.74 Å². The fourth-order valence-corrected chi connectivity index (χ4v) is 2.10. The van der Waals surface area contributed by atoms with E-state index < -0.39 is 5.82 Å². The second-order valence-electron chi connectivity index (χ2n) is 4.46. The molecule has 1 N–H and O–H groups in total. The summed E-state index contributed by atoms with van der Waals surface area (Å²) < 4.78 is 18.4. The lowest BCUT2D eigenvalue weighted by Crippen LogP contribution is -2.51. The van der Waals surface area contributed by atoms with Crippen LogP contribution >= 0.6 is 12.4 Å². The Kier molecular flexibility index (Phi) is 5.57. The zero-order chi connectivity index (χ0) is 13.1. The molecule has 1 amide bonds. The smallest absolute Gasteiger partial charge is 0.254 e. The molecule has 0 bridgehead atoms. The van der Waals surface area contributed by atoms with Crippen molar-refractivity contribution >= 4 is 18.3 Å². The van der Waals surface area contributed by atoms with Crippen LogP contribution in [0.4, 0.5) is 4.39 Å². The van der Waals surface area contributed by atoms with Crippen LogP contribution in [0.25, 0.3) is 0 Å². The Balaban J connectivity index is 0.00000180. The third kappa shape index (κ3) is 3.58. The van der Waals surface area contributed by atoms with Crippen LogP contribution in [0.3, 0.4) is 0 Å². The molecule has 0 spiro atoms. The van der Waals surface area contributed by atoms with Crippen molar-refractivity contribution in [2.45, 2.75) is 13.0 Å². The summed E-state index contributed by atoms with van der Waals surface area (Å²) in [5.74, 6) is -0.489. The summed E-state index contributed by atoms with van der Waals surface area (Å²) in [6.45, 7) is 4.09. The molecule has 1 heterocycles. The highest BCUT2D eigenvalue weighted by molar-refractivity contribution is 5.94. The lowest BCUT2D eigenvalue weighted by atomic mass is 10.1. The van der Waals surface area contributed by atoms with Crippen molar-refractivity contribution in [1.29, 1.82) is 0 Å². The minimum absolute atomic E-state index is 0. The van der Waals surface area contributed by atoms with Crippen LogP contribution in [-0.4, -0.2) is 43.6 Å². The van der Waals surface area contributed by atoms with Gasteiger partial charge < -0.3 is 15.0 Å². The summed E-state index contributed by atoms with van der Waals surface area (Å²) in [6.07, 6.45) is 0. The number of methoxy groups -OCH3 is 1. The Labute approximate surface area is 118 Å². The number of halogens is 2. The fraction of sp³-hybridized carbons (Fsp3) is 0.462. The molecule has 1 aliphatic rings. The summed E-state index contributed by atoms with van der Waals surface area (Å²) in [7, 11) is 1.40. The maximum Gasteiger partial charge on any atom is 0.254 e. The molecule has 6 heteroatoms. The summed E-state index contributed by atoms with van der Waals surface area (Å²) in [5, 5.41) is 3.26. The van der Waals surface area contributed by atoms with Crippen molar-refractivity contribution in [3.63, 3.8) is 0 Å². The van der Waals surface area contributed by atoms with Gasteiger partial charge >= 0.3 is 0 Å². The fourth-order valence-electron chi connectivity index (χ4n) is 2.10. The molecule has 1 aliphatic heterocycles. The molecule has 1 saturated heterocycles. The highest BCUT2D eigenvalue weighted by Crippen LogP contribution is 2.19. The third-order valence-electron chi connectivity index (χ3n) is 3.05. The van der Waals surface area contributed by atoms with Gasteiger partial charge in [-0.3, -0.25) is 4.79 Å². The summed E-state index contributed by atoms with van der Waals surface area (Å²) in [4.78, 5) is 13.9. The number of amides is 1. The first kappa shape index (κ1) is 15.7. The highest BCUT2D eigenvalue weighted by Gasteiger charge is 2.22. The molecule has 1 atom stereocenters. The number of carbonyl (C=O) groups excluding carboxylic acids is 1. The Bertz CT molecular complexity index is 456. The van der Waals surface area contributed by atoms with Crippen molar-refractivity contribution in [1.82, 2.24) is 10.2 Å². The number of hydrogen-bond donors (Lipinski definition) is 1. The van der Waals surface area contributed by atoms with E-state index in [1.165, 1.54) is 19.2 Å². The molecule has 1 fully saturated rings. The van der Waals surface area contributed by atoms with Crippen LogP contribution in [0.2, 0.25) is 0 Å². The van der Waals surface area contributed by atoms with Crippen LogP contribution in [-0.2, 0) is 0 Å². The average molecular weight is 289 g/mol. The van der Waals surface area contributed by atoms with Gasteiger partial charge in [-0.15, -0.1) is 12.4 Å². The zero-order valence-corrected chi connectivity index (χ0v) is 11.8. The number of hydrogen-bond acceptors (Lipinski definition) is 3. The minimum atomic E-state index is -0.508. The largest absolute Gasteiger partial charge is 0.494 e. The Hall–Kier alpha value is -1.33. The second-order valence-corrected chi connectivity index (χ2v) is 4.46. The van der Waals surface area contributed by atoms with E-state index in [2.05, 4.69) is 5.32 Å². The topological polar surface area (TPSA) is 41.6 Å². The molecule has 0 unspecified atom stereocenters. The van der Waals surface area contributed by atoms with E-state index >= 15 is 0 Å². The predicted octanol–water partition coefficient (Wildman–Crippen LogP) is 1.69. The first-order valence-electron chi connectivity index (χ1n) is 5.98. The summed E-state index contributed by atoms with van der Waals surface area (Å²) >= 11 is 0. The molecular weight excluding hydrogens is 271 g/mol. The number of piperazine rings is 1. The molecule has 0 aliphatic carbocycles. The predicted molar refractivity (Wildman–Crippen MR) is 73.6 cm³/mol. The first-order chi connectivity index (χ1) is 8.61. The molecule has 4 nitrogen and oxygen atoms in total. The number of nitrogens with zero attached hydrogens (tertiary/aromatic N) is 1. The van der Waals surface area contributed by atoms with Crippen LogP contribution in [0, 0.1) is 5.82 Å². The lowest BCUT2D eigenvalue weighted by Gasteiger charge is -2.32. The van der Waals surface area contributed by atoms with Gasteiger partial charge in [-0.1, -0.05) is 0 Å². The molecule has 0 saturated carbocycles. The van der Waals surface area contributed by atoms with Crippen molar-refractivity contribution in [2.24, 2.45) is 0 Å². The summed E-state index contributed by atoms with van der Waals surface area (Å²) in [5.41, 5.74) is 0.363. The zero-order valence-electron chi connectivity index (χ0n) is 11.0. The standard InChI is InChI=1S/C13H17FN2O2.ClH/c1-9-8-16(6-5-15-9)13(17)10-3-4-12(18-2)11(14)7-10;/h3-4,7,9,15H,5-6,8H2,1-2H3;1H/t9-;/m1./s1. The van der Waals surface area contributed by atoms with E-state index in [1.54, 1.807) is 11.0 Å². The van der Waals surface area contributed by atoms with Crippen molar-refractivity contribution in [3.05, 3.63) is 29.6 Å². The van der Waals surface area contributed by atoms with Gasteiger partial charge in [0.1, 0.15) is 0 Å². The van der Waals surface area contributed by atoms with Crippen molar-refractivity contribution < 1.29 is 13.9 Å². The van der Waals surface area contributed by atoms with Gasteiger partial charge in [0, 0.05) is 31.2 Å². The van der Waals surface area contributed by atoms with Gasteiger partial charge in [0.2, 0.25) is 0 Å². The highest BCUT2D eigenvalue weighted by atomic mass is 35.5. The molecule has 1 aromatic rings. The molecular formula is C13H18ClFN2O2. The quantitative estimate of drug-likeness (QED) is 0.900. The SMILES string of the molecule is COc1ccc(C(=O)N2CCN[C@H](C)C2)cc1F.Cl. The Morgan fingerprint density at radius 1 is 1.53 bits per heavy atom. The molecule has 19 heavy (non-hydrogen) atoms. The maximum atomic E-state index is 13.5. The molecule has 1 aromatic carbocycles. The van der Waals surface area contributed by atoms with Gasteiger partial charge in [-0.05, 0) is 25.1 Å². The summed E-state index contributed by atoms with van der Waals surface area (Å²) in [6, 6.07) is 4.57. The van der Waals surface area contributed by atoms with Gasteiger partial charge in [-0.2, -0.15) is 0 Å². The molecule has 2 rings (SSSR count). The maximum absolute atomic E-state index is 13.5. The van der Waals surface area contributed by atoms with Gasteiger partial charge in [0.15, 0.2) is 11.6 Å². The number of nitrogens with one attached hydrogen (secondary N) is 1. The van der Waals surface area contributed by atoms with Gasteiger partial charge in [0.05, 0.1) is 7.11 Å². The number of rotatable bonds is 2. The van der Waals surface area contributed by atoms with Crippen LogP contribution in [0.1, 0.15) is 17.3 Å². The van der Waals surface area contributed by atoms with E-state index in [9.17, 15) is 9.18 Å². The Morgan fingerprint density at radius 2 is 2.26 bits per heavy atom. The number of benzene rings is 1. The normalized spacial score (nSPS) is 18.7. The molecule has 0 aromatic heterocycles. The first-order valence-corrected chi connectivity index (χ1v) is 5.98. The number of ether oxygens (including phenoxy) is 1. The van der Waals surface area contributed by atoms with E-state index in [0.29, 0.717) is 18.7 Å². The lowest BCUT2D eigenvalue weighted by molar-refractivity contribution is 0.0708. The molecule has 106 valence electrons. The van der Waals surface area contributed by atoms with Gasteiger partial charge in [-0.25, -0.2) is 4.39 Å².